The van der Waals surface area contributed by atoms with Crippen LogP contribution in [0.3, 0.4) is 0 Å². The molecule has 2 unspecified atom stereocenters. The van der Waals surface area contributed by atoms with Gasteiger partial charge in [0, 0.05) is 26.2 Å². The van der Waals surface area contributed by atoms with Gasteiger partial charge in [0.25, 0.3) is 0 Å². The Bertz CT molecular complexity index is 210. The topological polar surface area (TPSA) is 59.0 Å². The molecule has 5 heteroatoms. The van der Waals surface area contributed by atoms with Crippen molar-refractivity contribution in [2.45, 2.75) is 26.1 Å². The van der Waals surface area contributed by atoms with E-state index in [1.807, 2.05) is 6.92 Å². The number of nitrogens with zero attached hydrogens (tertiary/aromatic N) is 1. The van der Waals surface area contributed by atoms with Crippen LogP contribution in [-0.4, -0.2) is 61.0 Å². The van der Waals surface area contributed by atoms with Gasteiger partial charge in [0.15, 0.2) is 6.10 Å². The standard InChI is InChI=1S/C10H19NO4/c1-3-14-9(10(12)13)7-11-4-5-15-8(2)6-11/h8-9H,3-7H2,1-2H3,(H,12,13). The van der Waals surface area contributed by atoms with Gasteiger partial charge in [0.05, 0.1) is 12.7 Å². The number of ether oxygens (including phenoxy) is 2. The highest BCUT2D eigenvalue weighted by Crippen LogP contribution is 2.06. The third-order valence-corrected chi connectivity index (χ3v) is 2.39. The summed E-state index contributed by atoms with van der Waals surface area (Å²) in [7, 11) is 0. The lowest BCUT2D eigenvalue weighted by Gasteiger charge is -2.32. The second-order valence-electron chi connectivity index (χ2n) is 3.72. The van der Waals surface area contributed by atoms with Crippen molar-refractivity contribution in [1.29, 1.82) is 0 Å². The van der Waals surface area contributed by atoms with Crippen LogP contribution >= 0.6 is 0 Å². The fourth-order valence-electron chi connectivity index (χ4n) is 1.69. The summed E-state index contributed by atoms with van der Waals surface area (Å²) >= 11 is 0. The predicted octanol–water partition coefficient (Wildman–Crippen LogP) is 0.197. The molecule has 1 rings (SSSR count). The summed E-state index contributed by atoms with van der Waals surface area (Å²) in [5.74, 6) is -0.893. The lowest BCUT2D eigenvalue weighted by atomic mass is 10.2. The van der Waals surface area contributed by atoms with Gasteiger partial charge in [0.2, 0.25) is 0 Å². The van der Waals surface area contributed by atoms with Gasteiger partial charge in [-0.3, -0.25) is 4.90 Å². The smallest absolute Gasteiger partial charge is 0.334 e. The maximum absolute atomic E-state index is 10.9. The molecular formula is C10H19NO4. The molecule has 0 saturated carbocycles. The van der Waals surface area contributed by atoms with Crippen LogP contribution in [0.2, 0.25) is 0 Å². The van der Waals surface area contributed by atoms with Crippen molar-refractivity contribution < 1.29 is 19.4 Å². The lowest BCUT2D eigenvalue weighted by molar-refractivity contribution is -0.152. The zero-order valence-corrected chi connectivity index (χ0v) is 9.31. The van der Waals surface area contributed by atoms with E-state index in [0.29, 0.717) is 19.8 Å². The molecule has 1 N–H and O–H groups in total. The SMILES string of the molecule is CCOC(CN1CCOC(C)C1)C(=O)O. The van der Waals surface area contributed by atoms with E-state index >= 15 is 0 Å². The molecule has 1 aliphatic heterocycles. The van der Waals surface area contributed by atoms with Crippen molar-refractivity contribution in [2.24, 2.45) is 0 Å². The molecule has 1 heterocycles. The monoisotopic (exact) mass is 217 g/mol. The van der Waals surface area contributed by atoms with Crippen molar-refractivity contribution in [3.05, 3.63) is 0 Å². The summed E-state index contributed by atoms with van der Waals surface area (Å²) < 4.78 is 10.5. The minimum absolute atomic E-state index is 0.176. The van der Waals surface area contributed by atoms with Crippen molar-refractivity contribution in [1.82, 2.24) is 4.90 Å². The Morgan fingerprint density at radius 1 is 1.73 bits per heavy atom. The van der Waals surface area contributed by atoms with Gasteiger partial charge in [-0.15, -0.1) is 0 Å². The van der Waals surface area contributed by atoms with E-state index in [0.717, 1.165) is 13.1 Å². The molecule has 88 valence electrons. The normalized spacial score (nSPS) is 25.1. The zero-order chi connectivity index (χ0) is 11.3. The van der Waals surface area contributed by atoms with Crippen LogP contribution in [0.4, 0.5) is 0 Å². The quantitative estimate of drug-likeness (QED) is 0.712. The van der Waals surface area contributed by atoms with Gasteiger partial charge >= 0.3 is 5.97 Å². The molecule has 5 nitrogen and oxygen atoms in total. The molecule has 0 radical (unpaired) electrons. The Morgan fingerprint density at radius 2 is 2.47 bits per heavy atom. The van der Waals surface area contributed by atoms with E-state index < -0.39 is 12.1 Å². The second kappa shape index (κ2) is 6.05. The number of carboxylic acid groups (broad SMARTS) is 1. The van der Waals surface area contributed by atoms with Crippen LogP contribution in [0, 0.1) is 0 Å². The number of morpholine rings is 1. The van der Waals surface area contributed by atoms with Crippen molar-refractivity contribution >= 4 is 5.97 Å². The van der Waals surface area contributed by atoms with Crippen LogP contribution in [0.25, 0.3) is 0 Å². The average Bonchev–Trinajstić information content (AvgIpc) is 2.17. The van der Waals surface area contributed by atoms with Crippen LogP contribution in [0.15, 0.2) is 0 Å². The summed E-state index contributed by atoms with van der Waals surface area (Å²) in [5, 5.41) is 8.92. The van der Waals surface area contributed by atoms with Gasteiger partial charge in [-0.05, 0) is 13.8 Å². The molecule has 0 aromatic heterocycles. The van der Waals surface area contributed by atoms with Gasteiger partial charge in [-0.2, -0.15) is 0 Å². The molecule has 1 aliphatic rings. The Hall–Kier alpha value is -0.650. The molecule has 0 bridgehead atoms. The number of rotatable bonds is 5. The first kappa shape index (κ1) is 12.4. The van der Waals surface area contributed by atoms with Gasteiger partial charge in [-0.25, -0.2) is 4.79 Å². The molecule has 0 amide bonds. The lowest BCUT2D eigenvalue weighted by Crippen LogP contribution is -2.46. The fourth-order valence-corrected chi connectivity index (χ4v) is 1.69. The van der Waals surface area contributed by atoms with Crippen molar-refractivity contribution in [2.75, 3.05) is 32.8 Å². The minimum atomic E-state index is -0.893. The summed E-state index contributed by atoms with van der Waals surface area (Å²) in [6.45, 7) is 6.88. The third-order valence-electron chi connectivity index (χ3n) is 2.39. The molecule has 1 fully saturated rings. The summed E-state index contributed by atoms with van der Waals surface area (Å²) in [5.41, 5.74) is 0. The Kier molecular flexibility index (Phi) is 5.01. The average molecular weight is 217 g/mol. The molecule has 0 spiro atoms. The molecule has 0 aromatic rings. The Morgan fingerprint density at radius 3 is 3.00 bits per heavy atom. The largest absolute Gasteiger partial charge is 0.479 e. The van der Waals surface area contributed by atoms with Crippen LogP contribution in [0.5, 0.6) is 0 Å². The van der Waals surface area contributed by atoms with Gasteiger partial charge < -0.3 is 14.6 Å². The van der Waals surface area contributed by atoms with Crippen molar-refractivity contribution in [3.63, 3.8) is 0 Å². The van der Waals surface area contributed by atoms with Crippen molar-refractivity contribution in [3.8, 4) is 0 Å². The number of carboxylic acids is 1. The minimum Gasteiger partial charge on any atom is -0.479 e. The van der Waals surface area contributed by atoms with Gasteiger partial charge in [-0.1, -0.05) is 0 Å². The number of hydrogen-bond donors (Lipinski definition) is 1. The number of carbonyl (C=O) groups is 1. The van der Waals surface area contributed by atoms with E-state index in [4.69, 9.17) is 14.6 Å². The summed E-state index contributed by atoms with van der Waals surface area (Å²) in [6, 6.07) is 0. The van der Waals surface area contributed by atoms with E-state index in [2.05, 4.69) is 4.90 Å². The van der Waals surface area contributed by atoms with Crippen LogP contribution in [0.1, 0.15) is 13.8 Å². The van der Waals surface area contributed by atoms with E-state index in [1.165, 1.54) is 0 Å². The first-order chi connectivity index (χ1) is 7.13. The maximum Gasteiger partial charge on any atom is 0.334 e. The second-order valence-corrected chi connectivity index (χ2v) is 3.72. The summed E-state index contributed by atoms with van der Waals surface area (Å²) in [6.07, 6.45) is -0.546. The predicted molar refractivity (Wildman–Crippen MR) is 54.9 cm³/mol. The van der Waals surface area contributed by atoms with Crippen LogP contribution in [-0.2, 0) is 14.3 Å². The zero-order valence-electron chi connectivity index (χ0n) is 9.31. The third kappa shape index (κ3) is 4.15. The first-order valence-corrected chi connectivity index (χ1v) is 5.31. The van der Waals surface area contributed by atoms with Gasteiger partial charge in [0.1, 0.15) is 0 Å². The number of hydrogen-bond acceptors (Lipinski definition) is 4. The molecular weight excluding hydrogens is 198 g/mol. The van der Waals surface area contributed by atoms with E-state index in [-0.39, 0.29) is 6.10 Å². The molecule has 0 aromatic carbocycles. The van der Waals surface area contributed by atoms with Crippen LogP contribution < -0.4 is 0 Å². The molecule has 15 heavy (non-hydrogen) atoms. The molecule has 2 atom stereocenters. The number of aliphatic carboxylic acids is 1. The molecule has 0 aliphatic carbocycles. The fraction of sp³-hybridized carbons (Fsp3) is 0.900. The van der Waals surface area contributed by atoms with E-state index in [9.17, 15) is 4.79 Å². The maximum atomic E-state index is 10.9. The Balaban J connectivity index is 2.39. The highest BCUT2D eigenvalue weighted by atomic mass is 16.5. The first-order valence-electron chi connectivity index (χ1n) is 5.31. The summed E-state index contributed by atoms with van der Waals surface area (Å²) in [4.78, 5) is 12.9. The molecule has 1 saturated heterocycles. The highest BCUT2D eigenvalue weighted by molar-refractivity contribution is 5.72. The Labute approximate surface area is 90.0 Å². The van der Waals surface area contributed by atoms with E-state index in [1.54, 1.807) is 6.92 Å². The highest BCUT2D eigenvalue weighted by Gasteiger charge is 2.24.